The van der Waals surface area contributed by atoms with Crippen LogP contribution in [0.15, 0.2) is 24.3 Å². The molecule has 0 spiro atoms. The minimum absolute atomic E-state index is 0.284. The molecule has 0 heterocycles. The number of methoxy groups -OCH3 is 1. The van der Waals surface area contributed by atoms with Gasteiger partial charge in [-0.05, 0) is 42.7 Å². The zero-order valence-corrected chi connectivity index (χ0v) is 13.8. The number of benzene rings is 1. The van der Waals surface area contributed by atoms with Crippen LogP contribution < -0.4 is 15.4 Å². The van der Waals surface area contributed by atoms with Crippen molar-refractivity contribution in [2.75, 3.05) is 25.7 Å². The Morgan fingerprint density at radius 1 is 1.26 bits per heavy atom. The third-order valence-electron chi connectivity index (χ3n) is 3.01. The van der Waals surface area contributed by atoms with Gasteiger partial charge < -0.3 is 20.5 Å². The summed E-state index contributed by atoms with van der Waals surface area (Å²) in [6.45, 7) is -0.284. The molecule has 0 unspecified atom stereocenters. The molecule has 8 heteroatoms. The van der Waals surface area contributed by atoms with Crippen LogP contribution in [0, 0.1) is 0 Å². The van der Waals surface area contributed by atoms with E-state index in [0.29, 0.717) is 23.5 Å². The fourth-order valence-electron chi connectivity index (χ4n) is 1.74. The van der Waals surface area contributed by atoms with Crippen molar-refractivity contribution in [3.63, 3.8) is 0 Å². The summed E-state index contributed by atoms with van der Waals surface area (Å²) >= 11 is 1.50. The number of aliphatic carboxylic acids is 1. The summed E-state index contributed by atoms with van der Waals surface area (Å²) in [6.07, 6.45) is 2.18. The van der Waals surface area contributed by atoms with Gasteiger partial charge in [-0.3, -0.25) is 9.59 Å². The SMILES string of the molecule is COc1ccc(C(=O)NCC(=O)N[C@@H](CCSC)C(=O)O)cc1. The van der Waals surface area contributed by atoms with E-state index in [9.17, 15) is 14.4 Å². The van der Waals surface area contributed by atoms with Crippen molar-refractivity contribution in [2.24, 2.45) is 0 Å². The second-order valence-corrected chi connectivity index (χ2v) is 5.64. The van der Waals surface area contributed by atoms with Crippen LogP contribution in [-0.4, -0.2) is 54.6 Å². The van der Waals surface area contributed by atoms with E-state index >= 15 is 0 Å². The van der Waals surface area contributed by atoms with Gasteiger partial charge in [0.1, 0.15) is 11.8 Å². The van der Waals surface area contributed by atoms with Crippen molar-refractivity contribution in [1.82, 2.24) is 10.6 Å². The lowest BCUT2D eigenvalue weighted by molar-refractivity contribution is -0.141. The Hall–Kier alpha value is -2.22. The number of hydrogen-bond acceptors (Lipinski definition) is 5. The summed E-state index contributed by atoms with van der Waals surface area (Å²) in [4.78, 5) is 34.7. The van der Waals surface area contributed by atoms with Crippen LogP contribution in [0.4, 0.5) is 0 Å². The molecular formula is C15H20N2O5S. The number of carboxylic acid groups (broad SMARTS) is 1. The van der Waals surface area contributed by atoms with Gasteiger partial charge >= 0.3 is 5.97 Å². The van der Waals surface area contributed by atoms with E-state index in [1.165, 1.54) is 18.9 Å². The van der Waals surface area contributed by atoms with E-state index in [1.54, 1.807) is 24.3 Å². The molecule has 0 bridgehead atoms. The van der Waals surface area contributed by atoms with Crippen LogP contribution in [-0.2, 0) is 9.59 Å². The number of carboxylic acids is 1. The van der Waals surface area contributed by atoms with Crippen LogP contribution >= 0.6 is 11.8 Å². The van der Waals surface area contributed by atoms with Gasteiger partial charge in [0.25, 0.3) is 5.91 Å². The molecule has 0 saturated heterocycles. The number of ether oxygens (including phenoxy) is 1. The van der Waals surface area contributed by atoms with E-state index in [1.807, 2.05) is 6.26 Å². The summed E-state index contributed by atoms with van der Waals surface area (Å²) in [6, 6.07) is 5.47. The van der Waals surface area contributed by atoms with Gasteiger partial charge in [-0.15, -0.1) is 0 Å². The highest BCUT2D eigenvalue weighted by atomic mass is 32.2. The molecular weight excluding hydrogens is 320 g/mol. The van der Waals surface area contributed by atoms with Crippen molar-refractivity contribution < 1.29 is 24.2 Å². The highest BCUT2D eigenvalue weighted by Crippen LogP contribution is 2.10. The topological polar surface area (TPSA) is 105 Å². The zero-order valence-electron chi connectivity index (χ0n) is 13.0. The van der Waals surface area contributed by atoms with Crippen molar-refractivity contribution >= 4 is 29.5 Å². The first-order valence-corrected chi connectivity index (χ1v) is 8.30. The molecule has 0 aliphatic heterocycles. The number of carbonyl (C=O) groups excluding carboxylic acids is 2. The monoisotopic (exact) mass is 340 g/mol. The Labute approximate surface area is 138 Å². The lowest BCUT2D eigenvalue weighted by Crippen LogP contribution is -2.45. The number of amides is 2. The van der Waals surface area contributed by atoms with Crippen LogP contribution in [0.3, 0.4) is 0 Å². The Bertz CT molecular complexity index is 547. The van der Waals surface area contributed by atoms with Crippen molar-refractivity contribution in [2.45, 2.75) is 12.5 Å². The number of carbonyl (C=O) groups is 3. The van der Waals surface area contributed by atoms with Gasteiger partial charge in [0.05, 0.1) is 13.7 Å². The molecule has 0 aliphatic carbocycles. The first-order valence-electron chi connectivity index (χ1n) is 6.91. The smallest absolute Gasteiger partial charge is 0.326 e. The first-order chi connectivity index (χ1) is 11.0. The van der Waals surface area contributed by atoms with E-state index in [4.69, 9.17) is 9.84 Å². The minimum Gasteiger partial charge on any atom is -0.497 e. The normalized spacial score (nSPS) is 11.4. The number of thioether (sulfide) groups is 1. The molecule has 0 aromatic heterocycles. The molecule has 7 nitrogen and oxygen atoms in total. The zero-order chi connectivity index (χ0) is 17.2. The number of rotatable bonds is 9. The standard InChI is InChI=1S/C15H20N2O5S/c1-22-11-5-3-10(4-6-11)14(19)16-9-13(18)17-12(15(20)21)7-8-23-2/h3-6,12H,7-9H2,1-2H3,(H,16,19)(H,17,18)(H,20,21)/t12-/m0/s1. The van der Waals surface area contributed by atoms with E-state index in [0.717, 1.165) is 0 Å². The maximum Gasteiger partial charge on any atom is 0.326 e. The molecule has 1 aromatic rings. The second kappa shape index (κ2) is 9.73. The van der Waals surface area contributed by atoms with Gasteiger partial charge in [-0.25, -0.2) is 4.79 Å². The summed E-state index contributed by atoms with van der Waals surface area (Å²) in [5.74, 6) is -0.805. The van der Waals surface area contributed by atoms with Gasteiger partial charge in [0.15, 0.2) is 0 Å². The molecule has 1 atom stereocenters. The molecule has 0 aliphatic rings. The Morgan fingerprint density at radius 3 is 2.43 bits per heavy atom. The Balaban J connectivity index is 2.47. The van der Waals surface area contributed by atoms with E-state index in [2.05, 4.69) is 10.6 Å². The quantitative estimate of drug-likeness (QED) is 0.613. The summed E-state index contributed by atoms with van der Waals surface area (Å²) in [5.41, 5.74) is 0.385. The first kappa shape index (κ1) is 18.8. The van der Waals surface area contributed by atoms with Crippen molar-refractivity contribution in [1.29, 1.82) is 0 Å². The fourth-order valence-corrected chi connectivity index (χ4v) is 2.21. The predicted molar refractivity (Wildman–Crippen MR) is 87.9 cm³/mol. The van der Waals surface area contributed by atoms with Gasteiger partial charge in [-0.2, -0.15) is 11.8 Å². The third-order valence-corrected chi connectivity index (χ3v) is 3.65. The lowest BCUT2D eigenvalue weighted by atomic mass is 10.2. The average Bonchev–Trinajstić information content (AvgIpc) is 2.56. The maximum absolute atomic E-state index is 11.9. The van der Waals surface area contributed by atoms with Crippen molar-refractivity contribution in [3.05, 3.63) is 29.8 Å². The van der Waals surface area contributed by atoms with Gasteiger partial charge in [-0.1, -0.05) is 0 Å². The Kier molecular flexibility index (Phi) is 7.96. The van der Waals surface area contributed by atoms with Crippen LogP contribution in [0.2, 0.25) is 0 Å². The molecule has 0 saturated carbocycles. The Morgan fingerprint density at radius 2 is 1.91 bits per heavy atom. The summed E-state index contributed by atoms with van der Waals surface area (Å²) < 4.78 is 4.99. The van der Waals surface area contributed by atoms with Crippen LogP contribution in [0.1, 0.15) is 16.8 Å². The average molecular weight is 340 g/mol. The fraction of sp³-hybridized carbons (Fsp3) is 0.400. The molecule has 126 valence electrons. The third kappa shape index (κ3) is 6.60. The summed E-state index contributed by atoms with van der Waals surface area (Å²) in [7, 11) is 1.52. The molecule has 0 radical (unpaired) electrons. The van der Waals surface area contributed by atoms with Gasteiger partial charge in [0, 0.05) is 5.56 Å². The molecule has 2 amide bonds. The minimum atomic E-state index is -1.09. The molecule has 0 fully saturated rings. The molecule has 1 aromatic carbocycles. The van der Waals surface area contributed by atoms with Crippen LogP contribution in [0.5, 0.6) is 5.75 Å². The largest absolute Gasteiger partial charge is 0.497 e. The lowest BCUT2D eigenvalue weighted by Gasteiger charge is -2.14. The highest BCUT2D eigenvalue weighted by Gasteiger charge is 2.19. The maximum atomic E-state index is 11.9. The molecule has 1 rings (SSSR count). The van der Waals surface area contributed by atoms with Crippen LogP contribution in [0.25, 0.3) is 0 Å². The molecule has 3 N–H and O–H groups in total. The summed E-state index contributed by atoms with van der Waals surface area (Å²) in [5, 5.41) is 13.9. The number of nitrogens with one attached hydrogen (secondary N) is 2. The second-order valence-electron chi connectivity index (χ2n) is 4.65. The molecule has 23 heavy (non-hydrogen) atoms. The van der Waals surface area contributed by atoms with Crippen molar-refractivity contribution in [3.8, 4) is 5.75 Å². The number of hydrogen-bond donors (Lipinski definition) is 3. The van der Waals surface area contributed by atoms with E-state index in [-0.39, 0.29) is 6.54 Å². The van der Waals surface area contributed by atoms with E-state index < -0.39 is 23.8 Å². The predicted octanol–water partition coefficient (Wildman–Crippen LogP) is 0.748. The highest BCUT2D eigenvalue weighted by molar-refractivity contribution is 7.98. The van der Waals surface area contributed by atoms with Gasteiger partial charge in [0.2, 0.25) is 5.91 Å².